The van der Waals surface area contributed by atoms with Crippen molar-refractivity contribution in [1.29, 1.82) is 0 Å². The fourth-order valence-electron chi connectivity index (χ4n) is 4.00. The highest BCUT2D eigenvalue weighted by molar-refractivity contribution is 5.90. The van der Waals surface area contributed by atoms with E-state index in [4.69, 9.17) is 4.98 Å². The van der Waals surface area contributed by atoms with Crippen LogP contribution in [0.1, 0.15) is 76.1 Å². The first kappa shape index (κ1) is 23.0. The van der Waals surface area contributed by atoms with Gasteiger partial charge in [-0.05, 0) is 48.3 Å². The Kier molecular flexibility index (Phi) is 6.82. The number of anilines is 2. The van der Waals surface area contributed by atoms with Crippen LogP contribution in [0.3, 0.4) is 0 Å². The Balaban J connectivity index is 1.74. The van der Waals surface area contributed by atoms with Gasteiger partial charge in [0.25, 0.3) is 5.91 Å². The summed E-state index contributed by atoms with van der Waals surface area (Å²) in [7, 11) is 1.90. The molecule has 2 unspecified atom stereocenters. The van der Waals surface area contributed by atoms with Crippen LogP contribution in [-0.2, 0) is 0 Å². The van der Waals surface area contributed by atoms with Gasteiger partial charge in [0, 0.05) is 43.6 Å². The third kappa shape index (κ3) is 5.93. The zero-order valence-corrected chi connectivity index (χ0v) is 19.6. The van der Waals surface area contributed by atoms with Crippen molar-refractivity contribution in [2.45, 2.75) is 65.8 Å². The Morgan fingerprint density at radius 2 is 1.90 bits per heavy atom. The first-order chi connectivity index (χ1) is 14.6. The molecule has 7 nitrogen and oxygen atoms in total. The second-order valence-corrected chi connectivity index (χ2v) is 10.4. The van der Waals surface area contributed by atoms with E-state index < -0.39 is 0 Å². The minimum atomic E-state index is -0.218. The summed E-state index contributed by atoms with van der Waals surface area (Å²) in [6.07, 6.45) is 6.09. The molecule has 3 N–H and O–H groups in total. The lowest BCUT2D eigenvalue weighted by atomic mass is 9.68. The van der Waals surface area contributed by atoms with Gasteiger partial charge in [-0.15, -0.1) is 0 Å². The normalized spacial score (nSPS) is 20.7. The number of carbonyl (C=O) groups is 1. The first-order valence-corrected chi connectivity index (χ1v) is 11.1. The fraction of sp³-hybridized carbons (Fsp3) is 0.583. The number of hydrogen-bond donors (Lipinski definition) is 3. The van der Waals surface area contributed by atoms with Gasteiger partial charge in [-0.1, -0.05) is 34.6 Å². The highest BCUT2D eigenvalue weighted by atomic mass is 16.2. The molecule has 0 aromatic carbocycles. The smallest absolute Gasteiger partial charge is 0.289 e. The average Bonchev–Trinajstić information content (AvgIpc) is 2.73. The maximum Gasteiger partial charge on any atom is 0.289 e. The summed E-state index contributed by atoms with van der Waals surface area (Å²) in [5.74, 6) is 1.15. The number of rotatable bonds is 6. The van der Waals surface area contributed by atoms with Crippen molar-refractivity contribution in [2.75, 3.05) is 24.2 Å². The summed E-state index contributed by atoms with van der Waals surface area (Å²) in [6, 6.07) is 5.97. The Hall–Kier alpha value is -2.70. The van der Waals surface area contributed by atoms with Crippen molar-refractivity contribution >= 4 is 17.4 Å². The lowest BCUT2D eigenvalue weighted by molar-refractivity contribution is 0.0826. The molecular weight excluding hydrogens is 388 g/mol. The molecule has 0 bridgehead atoms. The standard InChI is InChI=1S/C24H36N6O/c1-23(2,3)15-28-18-9-8-17(29-20(18)25-6)16-10-11-24(4,5)19(14-16)30-22(31)21-26-12-7-13-27-21/h7-9,12-13,16,19,28H,10-11,14-15H2,1-6H3,(H,25,29)(H,30,31). The van der Waals surface area contributed by atoms with Gasteiger partial charge in [-0.2, -0.15) is 0 Å². The Labute approximate surface area is 185 Å². The number of nitrogens with zero attached hydrogens (tertiary/aromatic N) is 3. The summed E-state index contributed by atoms with van der Waals surface area (Å²) in [6.45, 7) is 11.9. The van der Waals surface area contributed by atoms with Crippen molar-refractivity contribution in [2.24, 2.45) is 10.8 Å². The Bertz CT molecular complexity index is 891. The number of nitrogens with one attached hydrogen (secondary N) is 3. The zero-order valence-electron chi connectivity index (χ0n) is 19.6. The van der Waals surface area contributed by atoms with E-state index in [0.717, 1.165) is 43.0 Å². The van der Waals surface area contributed by atoms with Crippen molar-refractivity contribution in [1.82, 2.24) is 20.3 Å². The quantitative estimate of drug-likeness (QED) is 0.634. The molecule has 1 fully saturated rings. The van der Waals surface area contributed by atoms with Crippen molar-refractivity contribution in [3.8, 4) is 0 Å². The van der Waals surface area contributed by atoms with E-state index in [2.05, 4.69) is 72.7 Å². The highest BCUT2D eigenvalue weighted by Gasteiger charge is 2.38. The van der Waals surface area contributed by atoms with Gasteiger partial charge in [0.15, 0.2) is 0 Å². The van der Waals surface area contributed by atoms with Gasteiger partial charge in [0.05, 0.1) is 5.69 Å². The van der Waals surface area contributed by atoms with Gasteiger partial charge >= 0.3 is 0 Å². The lowest BCUT2D eigenvalue weighted by Crippen LogP contribution is -2.48. The third-order valence-corrected chi connectivity index (χ3v) is 6.06. The number of amides is 1. The predicted octanol–water partition coefficient (Wildman–Crippen LogP) is 4.46. The third-order valence-electron chi connectivity index (χ3n) is 6.06. The summed E-state index contributed by atoms with van der Waals surface area (Å²) in [5, 5.41) is 9.92. The molecule has 3 rings (SSSR count). The molecule has 1 aliphatic rings. The first-order valence-electron chi connectivity index (χ1n) is 11.1. The van der Waals surface area contributed by atoms with Crippen LogP contribution in [0.2, 0.25) is 0 Å². The van der Waals surface area contributed by atoms with E-state index in [1.165, 1.54) is 0 Å². The minimum absolute atomic E-state index is 0.000974. The molecule has 7 heteroatoms. The van der Waals surface area contributed by atoms with E-state index in [0.29, 0.717) is 5.92 Å². The molecule has 0 spiro atoms. The lowest BCUT2D eigenvalue weighted by Gasteiger charge is -2.42. The van der Waals surface area contributed by atoms with E-state index in [9.17, 15) is 4.79 Å². The van der Waals surface area contributed by atoms with Crippen molar-refractivity contribution in [3.63, 3.8) is 0 Å². The molecule has 2 aromatic heterocycles. The van der Waals surface area contributed by atoms with Crippen LogP contribution in [0.5, 0.6) is 0 Å². The average molecular weight is 425 g/mol. The van der Waals surface area contributed by atoms with Crippen LogP contribution in [0.15, 0.2) is 30.6 Å². The topological polar surface area (TPSA) is 91.8 Å². The monoisotopic (exact) mass is 424 g/mol. The number of carbonyl (C=O) groups excluding carboxylic acids is 1. The van der Waals surface area contributed by atoms with Crippen molar-refractivity contribution < 1.29 is 4.79 Å². The van der Waals surface area contributed by atoms with Gasteiger partial charge in [-0.3, -0.25) is 4.79 Å². The molecule has 0 saturated heterocycles. The van der Waals surface area contributed by atoms with Crippen LogP contribution in [0.4, 0.5) is 11.5 Å². The molecule has 1 aliphatic carbocycles. The van der Waals surface area contributed by atoms with Gasteiger partial charge in [-0.25, -0.2) is 15.0 Å². The molecular formula is C24H36N6O. The Morgan fingerprint density at radius 1 is 1.19 bits per heavy atom. The van der Waals surface area contributed by atoms with Crippen LogP contribution >= 0.6 is 0 Å². The number of pyridine rings is 1. The number of aromatic nitrogens is 3. The molecule has 2 aromatic rings. The molecule has 0 radical (unpaired) electrons. The molecule has 31 heavy (non-hydrogen) atoms. The summed E-state index contributed by atoms with van der Waals surface area (Å²) >= 11 is 0. The van der Waals surface area contributed by atoms with Crippen molar-refractivity contribution in [3.05, 3.63) is 42.1 Å². The van der Waals surface area contributed by atoms with E-state index in [1.807, 2.05) is 7.05 Å². The zero-order chi connectivity index (χ0) is 22.6. The van der Waals surface area contributed by atoms with Crippen LogP contribution in [0.25, 0.3) is 0 Å². The largest absolute Gasteiger partial charge is 0.382 e. The SMILES string of the molecule is CNc1nc(C2CCC(C)(C)C(NC(=O)c3ncccn3)C2)ccc1NCC(C)(C)C. The molecule has 0 aliphatic heterocycles. The summed E-state index contributed by atoms with van der Waals surface area (Å²) < 4.78 is 0. The molecule has 168 valence electrons. The Morgan fingerprint density at radius 3 is 2.55 bits per heavy atom. The minimum Gasteiger partial charge on any atom is -0.382 e. The van der Waals surface area contributed by atoms with E-state index in [1.54, 1.807) is 18.5 Å². The molecule has 2 heterocycles. The summed E-state index contributed by atoms with van der Waals surface area (Å²) in [5.41, 5.74) is 2.27. The maximum atomic E-state index is 12.7. The van der Waals surface area contributed by atoms with Crippen LogP contribution in [-0.4, -0.2) is 40.5 Å². The van der Waals surface area contributed by atoms with Gasteiger partial charge in [0.2, 0.25) is 5.82 Å². The maximum absolute atomic E-state index is 12.7. The molecule has 1 amide bonds. The predicted molar refractivity (Wildman–Crippen MR) is 125 cm³/mol. The van der Waals surface area contributed by atoms with Gasteiger partial charge in [0.1, 0.15) is 5.82 Å². The summed E-state index contributed by atoms with van der Waals surface area (Å²) in [4.78, 5) is 25.8. The number of hydrogen-bond acceptors (Lipinski definition) is 6. The fourth-order valence-corrected chi connectivity index (χ4v) is 4.00. The van der Waals surface area contributed by atoms with E-state index in [-0.39, 0.29) is 28.6 Å². The second-order valence-electron chi connectivity index (χ2n) is 10.4. The van der Waals surface area contributed by atoms with Crippen LogP contribution in [0, 0.1) is 10.8 Å². The highest BCUT2D eigenvalue weighted by Crippen LogP contribution is 2.43. The molecule has 1 saturated carbocycles. The van der Waals surface area contributed by atoms with Gasteiger partial charge < -0.3 is 16.0 Å². The van der Waals surface area contributed by atoms with E-state index >= 15 is 0 Å². The second kappa shape index (κ2) is 9.20. The molecule has 2 atom stereocenters. The van der Waals surface area contributed by atoms with Crippen LogP contribution < -0.4 is 16.0 Å².